The summed E-state index contributed by atoms with van der Waals surface area (Å²) in [6.07, 6.45) is 2.83. The van der Waals surface area contributed by atoms with Crippen molar-refractivity contribution in [3.8, 4) is 22.8 Å². The number of para-hydroxylation sites is 1. The smallest absolute Gasteiger partial charge is 0.260 e. The Morgan fingerprint density at radius 1 is 0.957 bits per heavy atom. The molecule has 111 valence electrons. The van der Waals surface area contributed by atoms with Gasteiger partial charge in [0.25, 0.3) is 5.56 Å². The first-order valence-corrected chi connectivity index (χ1v) is 6.99. The van der Waals surface area contributed by atoms with Gasteiger partial charge in [0.1, 0.15) is 17.0 Å². The van der Waals surface area contributed by atoms with Gasteiger partial charge in [-0.25, -0.2) is 4.98 Å². The number of rotatable bonds is 1. The van der Waals surface area contributed by atoms with Crippen LogP contribution in [0, 0.1) is 6.20 Å². The summed E-state index contributed by atoms with van der Waals surface area (Å²) in [5.74, 6) is 0.0306. The maximum Gasteiger partial charge on any atom is 0.260 e. The third-order valence-electron chi connectivity index (χ3n) is 3.77. The third-order valence-corrected chi connectivity index (χ3v) is 3.77. The molecule has 2 heterocycles. The second-order valence-electron chi connectivity index (χ2n) is 5.25. The Labute approximate surface area is 130 Å². The van der Waals surface area contributed by atoms with E-state index in [-0.39, 0.29) is 22.4 Å². The highest BCUT2D eigenvalue weighted by atomic mass is 16.3. The van der Waals surface area contributed by atoms with E-state index in [9.17, 15) is 15.0 Å². The second kappa shape index (κ2) is 4.84. The first-order valence-electron chi connectivity index (χ1n) is 6.99. The number of phenols is 2. The zero-order valence-corrected chi connectivity index (χ0v) is 11.9. The molecule has 3 N–H and O–H groups in total. The molecule has 0 fully saturated rings. The molecule has 5 nitrogen and oxygen atoms in total. The molecule has 0 saturated heterocycles. The average molecular weight is 303 g/mol. The molecule has 0 amide bonds. The predicted octanol–water partition coefficient (Wildman–Crippen LogP) is 2.95. The molecule has 23 heavy (non-hydrogen) atoms. The summed E-state index contributed by atoms with van der Waals surface area (Å²) in [5.41, 5.74) is 1.23. The van der Waals surface area contributed by atoms with Gasteiger partial charge in [0.2, 0.25) is 0 Å². The van der Waals surface area contributed by atoms with Crippen molar-refractivity contribution < 1.29 is 10.2 Å². The number of benzene rings is 2. The Bertz CT molecular complexity index is 1120. The quantitative estimate of drug-likeness (QED) is 0.504. The van der Waals surface area contributed by atoms with Gasteiger partial charge in [0.05, 0.1) is 17.3 Å². The van der Waals surface area contributed by atoms with Crippen LogP contribution in [0.2, 0.25) is 0 Å². The summed E-state index contributed by atoms with van der Waals surface area (Å²) in [4.78, 5) is 19.1. The normalized spacial score (nSPS) is 11.1. The minimum absolute atomic E-state index is 0.0548. The number of H-pyrrole nitrogens is 1. The van der Waals surface area contributed by atoms with Gasteiger partial charge in [0, 0.05) is 10.9 Å². The molecule has 4 rings (SSSR count). The van der Waals surface area contributed by atoms with Crippen molar-refractivity contribution in [1.29, 1.82) is 0 Å². The molecule has 0 unspecified atom stereocenters. The number of aromatic hydroxyl groups is 2. The fraction of sp³-hybridized carbons (Fsp3) is 0. The number of aromatic amines is 1. The lowest BCUT2D eigenvalue weighted by Crippen LogP contribution is -2.07. The van der Waals surface area contributed by atoms with Crippen molar-refractivity contribution in [2.24, 2.45) is 0 Å². The van der Waals surface area contributed by atoms with E-state index in [4.69, 9.17) is 0 Å². The van der Waals surface area contributed by atoms with Crippen molar-refractivity contribution in [1.82, 2.24) is 9.97 Å². The van der Waals surface area contributed by atoms with Crippen molar-refractivity contribution >= 4 is 21.7 Å². The molecule has 2 aromatic heterocycles. The first-order chi connectivity index (χ1) is 11.1. The van der Waals surface area contributed by atoms with E-state index in [1.165, 1.54) is 6.07 Å². The molecule has 0 spiro atoms. The fourth-order valence-electron chi connectivity index (χ4n) is 2.68. The van der Waals surface area contributed by atoms with Crippen LogP contribution in [0.3, 0.4) is 0 Å². The SMILES string of the molecule is O=c1[nH]c(-c2[c]nc3c(O)cccc3c2)cc2cccc(O)c12. The lowest BCUT2D eigenvalue weighted by molar-refractivity contribution is 0.480. The lowest BCUT2D eigenvalue weighted by atomic mass is 10.1. The number of hydrogen-bond acceptors (Lipinski definition) is 4. The van der Waals surface area contributed by atoms with Crippen LogP contribution in [0.5, 0.6) is 11.5 Å². The summed E-state index contributed by atoms with van der Waals surface area (Å²) in [7, 11) is 0. The summed E-state index contributed by atoms with van der Waals surface area (Å²) in [6.45, 7) is 0. The van der Waals surface area contributed by atoms with Crippen LogP contribution in [0.25, 0.3) is 32.9 Å². The van der Waals surface area contributed by atoms with E-state index >= 15 is 0 Å². The van der Waals surface area contributed by atoms with E-state index in [0.29, 0.717) is 22.2 Å². The van der Waals surface area contributed by atoms with Crippen LogP contribution < -0.4 is 5.56 Å². The van der Waals surface area contributed by atoms with Crippen LogP contribution in [-0.4, -0.2) is 20.2 Å². The maximum atomic E-state index is 12.2. The largest absolute Gasteiger partial charge is 0.507 e. The number of nitrogens with zero attached hydrogens (tertiary/aromatic N) is 1. The highest BCUT2D eigenvalue weighted by Gasteiger charge is 2.09. The van der Waals surface area contributed by atoms with Crippen molar-refractivity contribution in [2.45, 2.75) is 0 Å². The predicted molar refractivity (Wildman–Crippen MR) is 87.5 cm³/mol. The second-order valence-corrected chi connectivity index (χ2v) is 5.25. The molecule has 4 aromatic rings. The van der Waals surface area contributed by atoms with Crippen LogP contribution in [0.15, 0.2) is 53.3 Å². The number of pyridine rings is 2. The van der Waals surface area contributed by atoms with Crippen LogP contribution in [0.1, 0.15) is 0 Å². The monoisotopic (exact) mass is 303 g/mol. The van der Waals surface area contributed by atoms with E-state index in [2.05, 4.69) is 16.2 Å². The topological polar surface area (TPSA) is 86.2 Å². The van der Waals surface area contributed by atoms with E-state index < -0.39 is 0 Å². The van der Waals surface area contributed by atoms with Gasteiger partial charge in [-0.05, 0) is 29.7 Å². The summed E-state index contributed by atoms with van der Waals surface area (Å²) >= 11 is 0. The number of phenolic OH excluding ortho intramolecular Hbond substituents is 2. The Morgan fingerprint density at radius 3 is 2.52 bits per heavy atom. The molecule has 0 atom stereocenters. The van der Waals surface area contributed by atoms with Gasteiger partial charge < -0.3 is 15.2 Å². The highest BCUT2D eigenvalue weighted by molar-refractivity contribution is 5.91. The zero-order chi connectivity index (χ0) is 16.0. The van der Waals surface area contributed by atoms with Crippen LogP contribution in [0.4, 0.5) is 0 Å². The molecular formula is C18H11N2O3. The average Bonchev–Trinajstić information content (AvgIpc) is 2.54. The highest BCUT2D eigenvalue weighted by Crippen LogP contribution is 2.28. The number of nitrogens with one attached hydrogen (secondary N) is 1. The zero-order valence-electron chi connectivity index (χ0n) is 11.9. The lowest BCUT2D eigenvalue weighted by Gasteiger charge is -2.06. The fourth-order valence-corrected chi connectivity index (χ4v) is 2.68. The molecule has 0 aliphatic heterocycles. The Hall–Kier alpha value is -3.34. The molecule has 0 aliphatic carbocycles. The van der Waals surface area contributed by atoms with E-state index in [1.54, 1.807) is 36.4 Å². The minimum Gasteiger partial charge on any atom is -0.507 e. The molecule has 0 bridgehead atoms. The van der Waals surface area contributed by atoms with E-state index in [0.717, 1.165) is 5.39 Å². The number of hydrogen-bond donors (Lipinski definition) is 3. The summed E-state index contributed by atoms with van der Waals surface area (Å²) in [5, 5.41) is 21.2. The van der Waals surface area contributed by atoms with Gasteiger partial charge in [0.15, 0.2) is 0 Å². The maximum absolute atomic E-state index is 12.2. The molecular weight excluding hydrogens is 292 g/mol. The Morgan fingerprint density at radius 2 is 1.70 bits per heavy atom. The third kappa shape index (κ3) is 2.10. The molecule has 5 heteroatoms. The van der Waals surface area contributed by atoms with Gasteiger partial charge in [-0.3, -0.25) is 4.79 Å². The summed E-state index contributed by atoms with van der Waals surface area (Å²) < 4.78 is 0. The van der Waals surface area contributed by atoms with Gasteiger partial charge in [-0.2, -0.15) is 0 Å². The van der Waals surface area contributed by atoms with Crippen LogP contribution >= 0.6 is 0 Å². The number of fused-ring (bicyclic) bond motifs is 2. The Balaban J connectivity index is 1.97. The van der Waals surface area contributed by atoms with Crippen LogP contribution in [-0.2, 0) is 0 Å². The molecule has 2 aromatic carbocycles. The molecule has 0 saturated carbocycles. The molecule has 0 aliphatic rings. The first kappa shape index (κ1) is 13.3. The number of aromatic nitrogens is 2. The minimum atomic E-state index is -0.375. The van der Waals surface area contributed by atoms with Gasteiger partial charge in [-0.1, -0.05) is 24.3 Å². The van der Waals surface area contributed by atoms with Crippen molar-refractivity contribution in [3.05, 3.63) is 65.1 Å². The van der Waals surface area contributed by atoms with Crippen molar-refractivity contribution in [2.75, 3.05) is 0 Å². The van der Waals surface area contributed by atoms with Gasteiger partial charge >= 0.3 is 0 Å². The summed E-state index contributed by atoms with van der Waals surface area (Å²) in [6, 6.07) is 13.6. The molecule has 1 radical (unpaired) electrons. The van der Waals surface area contributed by atoms with Crippen molar-refractivity contribution in [3.63, 3.8) is 0 Å². The Kier molecular flexibility index (Phi) is 2.81. The van der Waals surface area contributed by atoms with Gasteiger partial charge in [-0.15, -0.1) is 0 Å². The van der Waals surface area contributed by atoms with E-state index in [1.807, 2.05) is 6.07 Å². The standard InChI is InChI=1S/C18H11N2O3/c21-14-5-1-3-10-8-13(20-18(23)16(10)14)12-7-11-4-2-6-15(22)17(11)19-9-12/h1-8,21-22H,(H,20,23).